The number of hydrogen-bond donors (Lipinski definition) is 9. The number of nitrogens with zero attached hydrogens (tertiary/aromatic N) is 7. The van der Waals surface area contributed by atoms with Gasteiger partial charge in [0.2, 0.25) is 0 Å². The number of carbonyl (C=O) groups is 4. The lowest BCUT2D eigenvalue weighted by Crippen LogP contribution is -2.37. The summed E-state index contributed by atoms with van der Waals surface area (Å²) in [4.78, 5) is 67.1. The molecule has 0 aliphatic heterocycles. The van der Waals surface area contributed by atoms with Crippen LogP contribution in [0.3, 0.4) is 0 Å². The average molecular weight is 671 g/mol. The summed E-state index contributed by atoms with van der Waals surface area (Å²) in [5.74, 6) is -2.17. The standard InChI is InChI=1S/C14H22N4O6.C13H20N4O6/c19-5-1-17(2-6-20)13(23)11-9-16-12(10-15-11)14(24)18(3-7-21)4-8-22;1-17(5-9(21)7-19)13(23)11-4-14-10(3-15-11)12(22)16-2-8(20)6-18/h9-10,19-22H,1-8H2;3-4,8-9,18-21H,2,5-7H2,1H3,(H,16,22)/t;8-,9-/m.1/s1. The van der Waals surface area contributed by atoms with Gasteiger partial charge in [-0.1, -0.05) is 0 Å². The minimum atomic E-state index is -1.07. The van der Waals surface area contributed by atoms with Crippen LogP contribution in [0.2, 0.25) is 0 Å². The largest absolute Gasteiger partial charge is 0.395 e. The highest BCUT2D eigenvalue weighted by Crippen LogP contribution is 2.05. The van der Waals surface area contributed by atoms with Crippen molar-refractivity contribution >= 4 is 23.6 Å². The monoisotopic (exact) mass is 670 g/mol. The van der Waals surface area contributed by atoms with Gasteiger partial charge in [0.1, 0.15) is 22.8 Å². The minimum absolute atomic E-state index is 0.0235. The van der Waals surface area contributed by atoms with Gasteiger partial charge in [0, 0.05) is 46.3 Å². The van der Waals surface area contributed by atoms with Crippen molar-refractivity contribution in [2.24, 2.45) is 0 Å². The number of likely N-dealkylation sites (N-methyl/N-ethyl adjacent to an activating group) is 1. The topological polar surface area (TPSA) is 303 Å². The van der Waals surface area contributed by atoms with E-state index in [9.17, 15) is 24.3 Å². The summed E-state index contributed by atoms with van der Waals surface area (Å²) in [6.45, 7) is -2.01. The third-order valence-corrected chi connectivity index (χ3v) is 6.00. The van der Waals surface area contributed by atoms with Gasteiger partial charge in [-0.05, 0) is 0 Å². The van der Waals surface area contributed by atoms with Crippen LogP contribution in [0.1, 0.15) is 42.0 Å². The fourth-order valence-corrected chi connectivity index (χ4v) is 3.56. The molecular formula is C27H42N8O12. The van der Waals surface area contributed by atoms with Gasteiger partial charge in [-0.15, -0.1) is 0 Å². The molecule has 262 valence electrons. The number of aliphatic hydroxyl groups is 8. The molecule has 9 N–H and O–H groups in total. The molecule has 0 radical (unpaired) electrons. The Morgan fingerprint density at radius 3 is 1.32 bits per heavy atom. The summed E-state index contributed by atoms with van der Waals surface area (Å²) in [5.41, 5.74) is -0.122. The van der Waals surface area contributed by atoms with Crippen LogP contribution in [0, 0.1) is 0 Å². The van der Waals surface area contributed by atoms with Gasteiger partial charge in [-0.25, -0.2) is 19.9 Å². The van der Waals surface area contributed by atoms with Gasteiger partial charge in [0.15, 0.2) is 0 Å². The molecule has 0 saturated carbocycles. The quantitative estimate of drug-likeness (QED) is 0.0714. The van der Waals surface area contributed by atoms with Crippen LogP contribution in [0.5, 0.6) is 0 Å². The van der Waals surface area contributed by atoms with Gasteiger partial charge >= 0.3 is 0 Å². The first-order valence-electron chi connectivity index (χ1n) is 14.2. The third kappa shape index (κ3) is 13.9. The maximum absolute atomic E-state index is 12.2. The zero-order chi connectivity index (χ0) is 35.4. The Balaban J connectivity index is 0.000000470. The number of nitrogens with one attached hydrogen (secondary N) is 1. The summed E-state index contributed by atoms with van der Waals surface area (Å²) >= 11 is 0. The third-order valence-electron chi connectivity index (χ3n) is 6.00. The second-order valence-corrected chi connectivity index (χ2v) is 9.62. The van der Waals surface area contributed by atoms with Crippen LogP contribution in [0.4, 0.5) is 0 Å². The van der Waals surface area contributed by atoms with Crippen molar-refractivity contribution in [3.05, 3.63) is 47.6 Å². The summed E-state index contributed by atoms with van der Waals surface area (Å²) in [6.07, 6.45) is 2.35. The molecule has 2 aromatic heterocycles. The molecule has 0 spiro atoms. The summed E-state index contributed by atoms with van der Waals surface area (Å²) in [7, 11) is 1.43. The van der Waals surface area contributed by atoms with Crippen molar-refractivity contribution in [3.8, 4) is 0 Å². The molecule has 0 aromatic carbocycles. The molecule has 20 heteroatoms. The van der Waals surface area contributed by atoms with E-state index in [0.29, 0.717) is 0 Å². The van der Waals surface area contributed by atoms with Crippen molar-refractivity contribution < 1.29 is 60.0 Å². The SMILES string of the molecule is CN(C[C@@H](O)CO)C(=O)c1cnc(C(=O)NC[C@@H](O)CO)cn1.O=C(c1cnc(C(=O)N(CCO)CCO)cn1)N(CCO)CCO. The number of aliphatic hydroxyl groups excluding tert-OH is 8. The van der Waals surface area contributed by atoms with Crippen LogP contribution in [-0.2, 0) is 0 Å². The number of rotatable bonds is 18. The van der Waals surface area contributed by atoms with Crippen molar-refractivity contribution in [2.75, 3.05) is 86.0 Å². The zero-order valence-electron chi connectivity index (χ0n) is 25.8. The van der Waals surface area contributed by atoms with Crippen molar-refractivity contribution in [3.63, 3.8) is 0 Å². The molecular weight excluding hydrogens is 628 g/mol. The molecule has 2 atom stereocenters. The van der Waals surface area contributed by atoms with Gasteiger partial charge in [0.05, 0.1) is 76.6 Å². The molecule has 2 heterocycles. The molecule has 0 fully saturated rings. The Morgan fingerprint density at radius 2 is 0.979 bits per heavy atom. The maximum atomic E-state index is 12.2. The first-order chi connectivity index (χ1) is 22.5. The zero-order valence-corrected chi connectivity index (χ0v) is 25.8. The number of aromatic nitrogens is 4. The minimum Gasteiger partial charge on any atom is -0.395 e. The highest BCUT2D eigenvalue weighted by molar-refractivity contribution is 5.95. The lowest BCUT2D eigenvalue weighted by atomic mass is 10.3. The highest BCUT2D eigenvalue weighted by atomic mass is 16.3. The predicted octanol–water partition coefficient (Wildman–Crippen LogP) is -5.68. The Hall–Kier alpha value is -4.28. The van der Waals surface area contributed by atoms with Crippen molar-refractivity contribution in [2.45, 2.75) is 12.2 Å². The Labute approximate surface area is 269 Å². The second-order valence-electron chi connectivity index (χ2n) is 9.62. The first-order valence-corrected chi connectivity index (χ1v) is 14.2. The molecule has 2 aromatic rings. The molecule has 0 aliphatic rings. The average Bonchev–Trinajstić information content (AvgIpc) is 3.09. The Kier molecular flexibility index (Phi) is 19.3. The number of amides is 4. The van der Waals surface area contributed by atoms with Crippen LogP contribution in [0.15, 0.2) is 24.8 Å². The fourth-order valence-electron chi connectivity index (χ4n) is 3.56. The van der Waals surface area contributed by atoms with E-state index in [1.165, 1.54) is 21.7 Å². The molecule has 0 aliphatic carbocycles. The van der Waals surface area contributed by atoms with E-state index >= 15 is 0 Å². The van der Waals surface area contributed by atoms with Gasteiger partial charge in [-0.2, -0.15) is 0 Å². The lowest BCUT2D eigenvalue weighted by Gasteiger charge is -2.21. The first kappa shape index (κ1) is 40.7. The van der Waals surface area contributed by atoms with Crippen molar-refractivity contribution in [1.82, 2.24) is 40.0 Å². The fraction of sp³-hybridized carbons (Fsp3) is 0.556. The van der Waals surface area contributed by atoms with Crippen LogP contribution in [-0.4, -0.2) is 197 Å². The molecule has 47 heavy (non-hydrogen) atoms. The summed E-state index contributed by atoms with van der Waals surface area (Å²) < 4.78 is 0. The normalized spacial score (nSPS) is 11.9. The molecule has 0 bridgehead atoms. The number of carbonyl (C=O) groups excluding carboxylic acids is 4. The molecule has 0 saturated heterocycles. The Morgan fingerprint density at radius 1 is 0.617 bits per heavy atom. The predicted molar refractivity (Wildman–Crippen MR) is 160 cm³/mol. The van der Waals surface area contributed by atoms with Gasteiger partial charge in [0.25, 0.3) is 23.6 Å². The van der Waals surface area contributed by atoms with E-state index < -0.39 is 49.1 Å². The second kappa shape index (κ2) is 22.3. The number of hydrogen-bond acceptors (Lipinski definition) is 16. The maximum Gasteiger partial charge on any atom is 0.274 e. The van der Waals surface area contributed by atoms with E-state index in [1.807, 2.05) is 0 Å². The molecule has 4 amide bonds. The molecule has 20 nitrogen and oxygen atoms in total. The smallest absolute Gasteiger partial charge is 0.274 e. The van der Waals surface area contributed by atoms with Gasteiger partial charge < -0.3 is 60.9 Å². The van der Waals surface area contributed by atoms with E-state index in [4.69, 9.17) is 35.7 Å². The summed E-state index contributed by atoms with van der Waals surface area (Å²) in [6, 6.07) is 0. The lowest BCUT2D eigenvalue weighted by molar-refractivity contribution is 0.0516. The van der Waals surface area contributed by atoms with Crippen molar-refractivity contribution in [1.29, 1.82) is 0 Å². The van der Waals surface area contributed by atoms with E-state index in [-0.39, 0.29) is 88.5 Å². The van der Waals surface area contributed by atoms with E-state index in [0.717, 1.165) is 24.8 Å². The van der Waals surface area contributed by atoms with E-state index in [2.05, 4.69) is 25.3 Å². The molecule has 0 unspecified atom stereocenters. The highest BCUT2D eigenvalue weighted by Gasteiger charge is 2.21. The van der Waals surface area contributed by atoms with Crippen LogP contribution >= 0.6 is 0 Å². The summed E-state index contributed by atoms with van der Waals surface area (Å²) in [5, 5.41) is 73.9. The Bertz CT molecular complexity index is 1180. The van der Waals surface area contributed by atoms with Gasteiger partial charge in [-0.3, -0.25) is 19.2 Å². The van der Waals surface area contributed by atoms with Crippen LogP contribution < -0.4 is 5.32 Å². The van der Waals surface area contributed by atoms with E-state index in [1.54, 1.807) is 0 Å². The molecule has 2 rings (SSSR count). The van der Waals surface area contributed by atoms with Crippen LogP contribution in [0.25, 0.3) is 0 Å².